The second kappa shape index (κ2) is 64.8. The summed E-state index contributed by atoms with van der Waals surface area (Å²) in [5.41, 5.74) is 6.61. The maximum absolute atomic E-state index is 5.44. The van der Waals surface area contributed by atoms with Crippen molar-refractivity contribution in [2.75, 3.05) is 0 Å². The molecule has 0 bridgehead atoms. The molecule has 0 spiro atoms. The molecule has 2 rings (SSSR count). The van der Waals surface area contributed by atoms with E-state index in [4.69, 9.17) is 9.98 Å². The van der Waals surface area contributed by atoms with Gasteiger partial charge < -0.3 is 0 Å². The van der Waals surface area contributed by atoms with Crippen LogP contribution >= 0.6 is 0 Å². The minimum absolute atomic E-state index is 0. The first kappa shape index (κ1) is 79.3. The number of aryl methyl sites for hydroxylation is 2. The fourth-order valence-electron chi connectivity index (χ4n) is 12.1. The van der Waals surface area contributed by atoms with E-state index in [2.05, 4.69) is 112 Å². The second-order valence-electron chi connectivity index (χ2n) is 25.5. The van der Waals surface area contributed by atoms with Crippen LogP contribution in [0.25, 0.3) is 0 Å². The minimum atomic E-state index is 0. The molecule has 3 heteroatoms. The zero-order valence-corrected chi connectivity index (χ0v) is 57.4. The fourth-order valence-corrected chi connectivity index (χ4v) is 12.1. The Bertz CT molecular complexity index is 1870. The molecule has 0 aliphatic carbocycles. The van der Waals surface area contributed by atoms with Gasteiger partial charge in [-0.1, -0.05) is 390 Å². The molecular formula is C81H138N2Ni. The molecule has 0 aliphatic rings. The number of benzene rings is 2. The predicted molar refractivity (Wildman–Crippen MR) is 377 cm³/mol. The van der Waals surface area contributed by atoms with Gasteiger partial charge in [-0.05, 0) is 93.4 Å². The van der Waals surface area contributed by atoms with E-state index in [0.717, 1.165) is 67.7 Å². The Morgan fingerprint density at radius 2 is 0.571 bits per heavy atom. The van der Waals surface area contributed by atoms with Crippen LogP contribution in [0.1, 0.15) is 392 Å². The smallest absolute Gasteiger partial charge is 0.135 e. The van der Waals surface area contributed by atoms with E-state index in [-0.39, 0.29) is 16.5 Å². The van der Waals surface area contributed by atoms with Gasteiger partial charge in [-0.2, -0.15) is 0 Å². The van der Waals surface area contributed by atoms with Gasteiger partial charge in [-0.25, -0.2) is 4.99 Å². The molecule has 2 aromatic carbocycles. The maximum atomic E-state index is 5.44. The van der Waals surface area contributed by atoms with Crippen molar-refractivity contribution in [3.8, 4) is 11.8 Å². The molecule has 0 saturated heterocycles. The number of para-hydroxylation sites is 2. The van der Waals surface area contributed by atoms with Crippen LogP contribution in [-0.4, -0.2) is 11.4 Å². The molecule has 0 amide bonds. The van der Waals surface area contributed by atoms with Crippen molar-refractivity contribution >= 4 is 22.8 Å². The summed E-state index contributed by atoms with van der Waals surface area (Å²) in [5.74, 6) is 6.90. The molecule has 0 atom stereocenters. The molecule has 0 aliphatic heterocycles. The molecule has 0 radical (unpaired) electrons. The Morgan fingerprint density at radius 3 is 0.881 bits per heavy atom. The summed E-state index contributed by atoms with van der Waals surface area (Å²) < 4.78 is 0. The summed E-state index contributed by atoms with van der Waals surface area (Å²) >= 11 is 0. The van der Waals surface area contributed by atoms with Gasteiger partial charge in [0.15, 0.2) is 0 Å². The number of rotatable bonds is 61. The maximum Gasteiger partial charge on any atom is 0.135 e. The van der Waals surface area contributed by atoms with Gasteiger partial charge in [0.1, 0.15) is 5.71 Å². The van der Waals surface area contributed by atoms with Crippen LogP contribution in [0.5, 0.6) is 0 Å². The van der Waals surface area contributed by atoms with Crippen LogP contribution in [0.2, 0.25) is 0 Å². The van der Waals surface area contributed by atoms with Crippen molar-refractivity contribution in [1.29, 1.82) is 0 Å². The van der Waals surface area contributed by atoms with E-state index in [9.17, 15) is 0 Å². The van der Waals surface area contributed by atoms with E-state index in [0.29, 0.717) is 0 Å². The van der Waals surface area contributed by atoms with E-state index in [1.54, 1.807) is 0 Å². The van der Waals surface area contributed by atoms with Crippen molar-refractivity contribution in [2.24, 2.45) is 9.98 Å². The molecule has 2 aromatic rings. The average molecular weight is 1200 g/mol. The third-order valence-corrected chi connectivity index (χ3v) is 17.6. The number of hydrogen-bond acceptors (Lipinski definition) is 2. The quantitative estimate of drug-likeness (QED) is 0.0207. The summed E-state index contributed by atoms with van der Waals surface area (Å²) in [6, 6.07) is 17.5. The third-order valence-electron chi connectivity index (χ3n) is 17.6. The summed E-state index contributed by atoms with van der Waals surface area (Å²) in [5, 5.41) is 0. The van der Waals surface area contributed by atoms with Crippen LogP contribution in [0.3, 0.4) is 0 Å². The van der Waals surface area contributed by atoms with E-state index in [1.807, 2.05) is 0 Å². The van der Waals surface area contributed by atoms with Crippen molar-refractivity contribution in [3.05, 3.63) is 84.0 Å². The summed E-state index contributed by atoms with van der Waals surface area (Å²) in [7, 11) is 0. The van der Waals surface area contributed by atoms with Gasteiger partial charge in [0, 0.05) is 22.9 Å². The first-order valence-corrected chi connectivity index (χ1v) is 37.3. The summed E-state index contributed by atoms with van der Waals surface area (Å²) in [4.78, 5) is 10.8. The van der Waals surface area contributed by atoms with Crippen LogP contribution in [0.15, 0.2) is 82.8 Å². The molecule has 84 heavy (non-hydrogen) atoms. The number of unbranched alkanes of at least 4 members (excludes halogenated alkanes) is 48. The van der Waals surface area contributed by atoms with Crippen molar-refractivity contribution in [1.82, 2.24) is 0 Å². The zero-order chi connectivity index (χ0) is 59.1. The summed E-state index contributed by atoms with van der Waals surface area (Å²) in [6.45, 7) is 9.04. The SMILES string of the molecule is CCC#CC(=Nc1ccccc1CCC=CCCCCCCCCCCCCCCCCCCCCCCCCC)C(CCCCC)=Nc1ccccc1CCC=CCCCCCCCCCCCCCCCCCCCCCCCCC.[Ni]. The number of aliphatic imine (C=N–C) groups is 2. The van der Waals surface area contributed by atoms with Crippen molar-refractivity contribution in [2.45, 2.75) is 394 Å². The van der Waals surface area contributed by atoms with Crippen molar-refractivity contribution < 1.29 is 16.5 Å². The zero-order valence-electron chi connectivity index (χ0n) is 56.4. The molecule has 2 nitrogen and oxygen atoms in total. The molecule has 0 saturated carbocycles. The molecule has 482 valence electrons. The molecule has 0 unspecified atom stereocenters. The van der Waals surface area contributed by atoms with Gasteiger partial charge in [0.2, 0.25) is 0 Å². The second-order valence-corrected chi connectivity index (χ2v) is 25.5. The molecule has 0 N–H and O–H groups in total. The van der Waals surface area contributed by atoms with Gasteiger partial charge >= 0.3 is 0 Å². The minimum Gasteiger partial charge on any atom is -0.250 e. The van der Waals surface area contributed by atoms with Crippen LogP contribution < -0.4 is 0 Å². The third kappa shape index (κ3) is 50.3. The molecule has 0 aromatic heterocycles. The Kier molecular flexibility index (Phi) is 61.2. The molecule has 0 fully saturated rings. The summed E-state index contributed by atoms with van der Waals surface area (Å²) in [6.07, 6.45) is 87.6. The van der Waals surface area contributed by atoms with Crippen LogP contribution in [0.4, 0.5) is 11.4 Å². The first-order valence-electron chi connectivity index (χ1n) is 37.3. The topological polar surface area (TPSA) is 24.7 Å². The van der Waals surface area contributed by atoms with E-state index in [1.165, 1.54) is 332 Å². The molecular weight excluding hydrogens is 1060 g/mol. The Labute approximate surface area is 535 Å². The first-order chi connectivity index (χ1) is 41.2. The normalized spacial score (nSPS) is 12.0. The average Bonchev–Trinajstić information content (AvgIpc) is 3.52. The van der Waals surface area contributed by atoms with Gasteiger partial charge in [0.05, 0.1) is 17.1 Å². The number of nitrogens with zero attached hydrogens (tertiary/aromatic N) is 2. The largest absolute Gasteiger partial charge is 0.250 e. The standard InChI is InChI=1S/C81H138N2.Ni/c1-5-9-13-15-17-19-21-23-25-27-29-31-33-35-37-39-41-43-45-47-49-51-53-55-57-59-62-68-76-70-64-66-73-78(76)82-80(72-12-8-4)81(75-61-11-7-3)83-79-74-67-65-71-77(79)69-63-60-58-56-54-52-50-48-46-44-42-40-38-36-34-32-30-28-26-24-22-20-18-16-14-10-6-2;/h57-60,64-67,70-71,73-74H,5-11,13-56,61-63,68-69,75H2,1-4H3;. The Morgan fingerprint density at radius 1 is 0.310 bits per heavy atom. The van der Waals surface area contributed by atoms with E-state index >= 15 is 0 Å². The van der Waals surface area contributed by atoms with E-state index < -0.39 is 0 Å². The van der Waals surface area contributed by atoms with Crippen LogP contribution in [-0.2, 0) is 29.3 Å². The fraction of sp³-hybridized carbons (Fsp3) is 0.753. The number of hydrogen-bond donors (Lipinski definition) is 0. The monoisotopic (exact) mass is 1200 g/mol. The van der Waals surface area contributed by atoms with Crippen LogP contribution in [0, 0.1) is 11.8 Å². The van der Waals surface area contributed by atoms with Gasteiger partial charge in [0.25, 0.3) is 0 Å². The van der Waals surface area contributed by atoms with Gasteiger partial charge in [-0.3, -0.25) is 4.99 Å². The van der Waals surface area contributed by atoms with Gasteiger partial charge in [-0.15, -0.1) is 0 Å². The van der Waals surface area contributed by atoms with Crippen molar-refractivity contribution in [3.63, 3.8) is 0 Å². The molecule has 0 heterocycles. The predicted octanol–water partition coefficient (Wildman–Crippen LogP) is 28.3. The Hall–Kier alpha value is -2.69. The number of allylic oxidation sites excluding steroid dienone is 4. The Balaban J connectivity index is 0.0000353.